The zero-order valence-corrected chi connectivity index (χ0v) is 18.9. The molecule has 2 aliphatic rings. The van der Waals surface area contributed by atoms with Crippen LogP contribution in [0.4, 0.5) is 4.39 Å². The van der Waals surface area contributed by atoms with Crippen molar-refractivity contribution in [3.05, 3.63) is 24.0 Å². The number of nitrogens with zero attached hydrogens (tertiary/aromatic N) is 1. The van der Waals surface area contributed by atoms with Gasteiger partial charge in [-0.3, -0.25) is 4.79 Å². The summed E-state index contributed by atoms with van der Waals surface area (Å²) < 4.78 is 42.6. The number of hydrogen-bond donors (Lipinski definition) is 1. The van der Waals surface area contributed by atoms with Gasteiger partial charge < -0.3 is 15.4 Å². The van der Waals surface area contributed by atoms with Crippen molar-refractivity contribution in [2.24, 2.45) is 23.5 Å². The first-order valence-electron chi connectivity index (χ1n) is 10.7. The summed E-state index contributed by atoms with van der Waals surface area (Å²) in [7, 11) is -3.59. The van der Waals surface area contributed by atoms with Gasteiger partial charge in [0, 0.05) is 37.4 Å². The number of amides is 1. The number of sulfone groups is 1. The summed E-state index contributed by atoms with van der Waals surface area (Å²) in [6.07, 6.45) is 5.18. The highest BCUT2D eigenvalue weighted by Crippen LogP contribution is 2.51. The highest BCUT2D eigenvalue weighted by Gasteiger charge is 2.54. The number of nitrogens with two attached hydrogens (primary N) is 1. The Morgan fingerprint density at radius 2 is 2.00 bits per heavy atom. The predicted octanol–water partition coefficient (Wildman–Crippen LogP) is 3.00. The lowest BCUT2D eigenvalue weighted by atomic mass is 9.89. The number of likely N-dealkylation sites (tertiary alicyclic amines) is 1. The molecule has 1 heterocycles. The van der Waals surface area contributed by atoms with Gasteiger partial charge in [0.2, 0.25) is 5.91 Å². The molecular formula is C22H33FN2O4S. The SMILES string of the molecule is CC(C)CC(=O)N1CCC([C@H]2C[C@@]2(N)CCOc2ccc(S(C)(=O)=O)c(F)c2)CC1. The van der Waals surface area contributed by atoms with Crippen molar-refractivity contribution in [2.45, 2.75) is 56.4 Å². The maximum atomic E-state index is 14.0. The Balaban J connectivity index is 1.44. The maximum absolute atomic E-state index is 14.0. The van der Waals surface area contributed by atoms with Crippen molar-refractivity contribution >= 4 is 15.7 Å². The monoisotopic (exact) mass is 440 g/mol. The molecule has 0 radical (unpaired) electrons. The lowest BCUT2D eigenvalue weighted by molar-refractivity contribution is -0.133. The van der Waals surface area contributed by atoms with Gasteiger partial charge in [-0.25, -0.2) is 12.8 Å². The molecule has 1 saturated heterocycles. The van der Waals surface area contributed by atoms with E-state index in [2.05, 4.69) is 13.8 Å². The van der Waals surface area contributed by atoms with Crippen LogP contribution in [0.15, 0.2) is 23.1 Å². The second kappa shape index (κ2) is 8.83. The van der Waals surface area contributed by atoms with E-state index in [1.54, 1.807) is 0 Å². The van der Waals surface area contributed by atoms with Gasteiger partial charge in [-0.05, 0) is 55.6 Å². The van der Waals surface area contributed by atoms with Crippen LogP contribution in [0.3, 0.4) is 0 Å². The molecule has 0 aromatic heterocycles. The molecule has 0 bridgehead atoms. The third-order valence-corrected chi connectivity index (χ3v) is 7.49. The standard InChI is InChI=1S/C22H33FN2O4S/c1-15(2)12-21(26)25-9-6-16(7-10-25)18-14-22(18,24)8-11-29-17-4-5-20(19(23)13-17)30(3,27)28/h4-5,13,15-16,18H,6-12,14,24H2,1-3H3/t18-,22+/m1/s1. The fraction of sp³-hybridized carbons (Fsp3) is 0.682. The Labute approximate surface area is 178 Å². The molecule has 2 atom stereocenters. The fourth-order valence-corrected chi connectivity index (χ4v) is 5.26. The molecule has 1 aromatic carbocycles. The van der Waals surface area contributed by atoms with Gasteiger partial charge in [0.1, 0.15) is 16.5 Å². The van der Waals surface area contributed by atoms with Crippen LogP contribution in [0.1, 0.15) is 46.0 Å². The largest absolute Gasteiger partial charge is 0.493 e. The van der Waals surface area contributed by atoms with E-state index in [-0.39, 0.29) is 16.3 Å². The van der Waals surface area contributed by atoms with E-state index >= 15 is 0 Å². The normalized spacial score (nSPS) is 24.9. The van der Waals surface area contributed by atoms with E-state index in [1.807, 2.05) is 4.90 Å². The van der Waals surface area contributed by atoms with Crippen LogP contribution >= 0.6 is 0 Å². The van der Waals surface area contributed by atoms with Gasteiger partial charge in [0.05, 0.1) is 6.61 Å². The molecule has 3 rings (SSSR count). The third kappa shape index (κ3) is 5.52. The van der Waals surface area contributed by atoms with Crippen molar-refractivity contribution in [3.8, 4) is 5.75 Å². The number of carbonyl (C=O) groups excluding carboxylic acids is 1. The molecule has 1 aromatic rings. The first kappa shape index (κ1) is 23.0. The smallest absolute Gasteiger partial charge is 0.222 e. The average molecular weight is 441 g/mol. The van der Waals surface area contributed by atoms with E-state index in [0.29, 0.717) is 43.0 Å². The molecule has 1 saturated carbocycles. The molecule has 0 spiro atoms. The number of benzene rings is 1. The Bertz CT molecular complexity index is 881. The van der Waals surface area contributed by atoms with Gasteiger partial charge in [-0.15, -0.1) is 0 Å². The molecule has 1 aliphatic carbocycles. The van der Waals surface area contributed by atoms with Crippen LogP contribution in [0, 0.1) is 23.6 Å². The summed E-state index contributed by atoms with van der Waals surface area (Å²) in [5, 5.41) is 0. The Morgan fingerprint density at radius 1 is 1.33 bits per heavy atom. The number of hydrogen-bond acceptors (Lipinski definition) is 5. The number of piperidine rings is 1. The summed E-state index contributed by atoms with van der Waals surface area (Å²) in [5.41, 5.74) is 6.28. The van der Waals surface area contributed by atoms with Gasteiger partial charge >= 0.3 is 0 Å². The van der Waals surface area contributed by atoms with Crippen molar-refractivity contribution in [1.82, 2.24) is 4.90 Å². The third-order valence-electron chi connectivity index (χ3n) is 6.36. The topological polar surface area (TPSA) is 89.7 Å². The number of halogens is 1. The van der Waals surface area contributed by atoms with Crippen LogP contribution in [0.5, 0.6) is 5.75 Å². The molecule has 1 amide bonds. The first-order valence-corrected chi connectivity index (χ1v) is 12.6. The zero-order chi connectivity index (χ0) is 22.1. The predicted molar refractivity (Wildman–Crippen MR) is 113 cm³/mol. The minimum Gasteiger partial charge on any atom is -0.493 e. The van der Waals surface area contributed by atoms with Crippen LogP contribution in [-0.2, 0) is 14.6 Å². The van der Waals surface area contributed by atoms with Crippen LogP contribution < -0.4 is 10.5 Å². The van der Waals surface area contributed by atoms with Crippen molar-refractivity contribution in [3.63, 3.8) is 0 Å². The second-order valence-corrected chi connectivity index (χ2v) is 11.3. The molecule has 1 aliphatic heterocycles. The Morgan fingerprint density at radius 3 is 2.57 bits per heavy atom. The van der Waals surface area contributed by atoms with Gasteiger partial charge in [0.25, 0.3) is 0 Å². The molecule has 30 heavy (non-hydrogen) atoms. The van der Waals surface area contributed by atoms with Gasteiger partial charge in [-0.1, -0.05) is 13.8 Å². The van der Waals surface area contributed by atoms with Crippen LogP contribution in [0.25, 0.3) is 0 Å². The highest BCUT2D eigenvalue weighted by atomic mass is 32.2. The minimum atomic E-state index is -3.59. The van der Waals surface area contributed by atoms with E-state index < -0.39 is 15.7 Å². The number of ether oxygens (including phenoxy) is 1. The molecule has 168 valence electrons. The van der Waals surface area contributed by atoms with Crippen LogP contribution in [0.2, 0.25) is 0 Å². The summed E-state index contributed by atoms with van der Waals surface area (Å²) in [6, 6.07) is 3.80. The molecule has 2 N–H and O–H groups in total. The summed E-state index contributed by atoms with van der Waals surface area (Å²) in [5.74, 6) is 1.10. The molecule has 0 unspecified atom stereocenters. The quantitative estimate of drug-likeness (QED) is 0.671. The molecule has 2 fully saturated rings. The second-order valence-electron chi connectivity index (χ2n) is 9.32. The van der Waals surface area contributed by atoms with Crippen LogP contribution in [-0.4, -0.2) is 50.7 Å². The van der Waals surface area contributed by atoms with Gasteiger partial charge in [-0.2, -0.15) is 0 Å². The summed E-state index contributed by atoms with van der Waals surface area (Å²) in [6.45, 7) is 6.11. The number of carbonyl (C=O) groups is 1. The van der Waals surface area contributed by atoms with Crippen molar-refractivity contribution < 1.29 is 22.3 Å². The van der Waals surface area contributed by atoms with Crippen molar-refractivity contribution in [1.29, 1.82) is 0 Å². The fourth-order valence-electron chi connectivity index (χ4n) is 4.53. The van der Waals surface area contributed by atoms with E-state index in [0.717, 1.165) is 44.7 Å². The van der Waals surface area contributed by atoms with E-state index in [1.165, 1.54) is 12.1 Å². The Kier molecular flexibility index (Phi) is 6.77. The molecule has 6 nitrogen and oxygen atoms in total. The van der Waals surface area contributed by atoms with E-state index in [9.17, 15) is 17.6 Å². The van der Waals surface area contributed by atoms with Crippen molar-refractivity contribution in [2.75, 3.05) is 26.0 Å². The minimum absolute atomic E-state index is 0.251. The molecule has 8 heteroatoms. The number of rotatable bonds is 8. The molecular weight excluding hydrogens is 407 g/mol. The Hall–Kier alpha value is -1.67. The van der Waals surface area contributed by atoms with Gasteiger partial charge in [0.15, 0.2) is 9.84 Å². The maximum Gasteiger partial charge on any atom is 0.222 e. The lowest BCUT2D eigenvalue weighted by Crippen LogP contribution is -2.40. The van der Waals surface area contributed by atoms with E-state index in [4.69, 9.17) is 10.5 Å². The lowest BCUT2D eigenvalue weighted by Gasteiger charge is -2.33. The summed E-state index contributed by atoms with van der Waals surface area (Å²) in [4.78, 5) is 13.9. The highest BCUT2D eigenvalue weighted by molar-refractivity contribution is 7.90. The summed E-state index contributed by atoms with van der Waals surface area (Å²) >= 11 is 0. The average Bonchev–Trinajstić information content (AvgIpc) is 3.31. The first-order chi connectivity index (χ1) is 14.0. The zero-order valence-electron chi connectivity index (χ0n) is 18.1.